The van der Waals surface area contributed by atoms with Crippen LogP contribution >= 0.6 is 0 Å². The zero-order chi connectivity index (χ0) is 15.2. The van der Waals surface area contributed by atoms with Crippen LogP contribution in [0.15, 0.2) is 30.3 Å². The van der Waals surface area contributed by atoms with Crippen LogP contribution < -0.4 is 4.74 Å². The van der Waals surface area contributed by atoms with Crippen molar-refractivity contribution in [2.24, 2.45) is 11.3 Å². The summed E-state index contributed by atoms with van der Waals surface area (Å²) < 4.78 is 11.0. The first kappa shape index (κ1) is 16.5. The molecule has 0 saturated heterocycles. The van der Waals surface area contributed by atoms with Crippen LogP contribution in [0, 0.1) is 11.3 Å². The van der Waals surface area contributed by atoms with Crippen molar-refractivity contribution in [2.75, 3.05) is 6.61 Å². The van der Waals surface area contributed by atoms with E-state index in [9.17, 15) is 4.79 Å². The van der Waals surface area contributed by atoms with Crippen molar-refractivity contribution in [1.29, 1.82) is 0 Å². The van der Waals surface area contributed by atoms with Crippen molar-refractivity contribution in [3.63, 3.8) is 0 Å². The van der Waals surface area contributed by atoms with Crippen LogP contribution in [0.3, 0.4) is 0 Å². The van der Waals surface area contributed by atoms with Crippen molar-refractivity contribution in [3.05, 3.63) is 30.3 Å². The van der Waals surface area contributed by atoms with Crippen LogP contribution in [0.2, 0.25) is 0 Å². The number of benzene rings is 1. The summed E-state index contributed by atoms with van der Waals surface area (Å²) in [6.07, 6.45) is 0.312. The summed E-state index contributed by atoms with van der Waals surface area (Å²) in [7, 11) is 0. The summed E-state index contributed by atoms with van der Waals surface area (Å²) in [5.74, 6) is 0.796. The quantitative estimate of drug-likeness (QED) is 0.736. The van der Waals surface area contributed by atoms with Gasteiger partial charge in [0.05, 0.1) is 19.1 Å². The van der Waals surface area contributed by atoms with Crippen LogP contribution in [0.5, 0.6) is 5.75 Å². The molecule has 0 aromatic heterocycles. The van der Waals surface area contributed by atoms with Gasteiger partial charge in [-0.05, 0) is 31.4 Å². The van der Waals surface area contributed by atoms with Crippen molar-refractivity contribution in [1.82, 2.24) is 0 Å². The Balaban J connectivity index is 2.59. The molecule has 0 bridgehead atoms. The molecular formula is C17H26O3. The van der Waals surface area contributed by atoms with Gasteiger partial charge in [-0.1, -0.05) is 39.0 Å². The normalized spacial score (nSPS) is 13.1. The van der Waals surface area contributed by atoms with Gasteiger partial charge in [0, 0.05) is 5.92 Å². The molecule has 3 heteroatoms. The van der Waals surface area contributed by atoms with E-state index in [1.54, 1.807) is 0 Å². The van der Waals surface area contributed by atoms with Crippen molar-refractivity contribution in [2.45, 2.75) is 47.1 Å². The maximum atomic E-state index is 11.8. The molecule has 0 heterocycles. The Kier molecular flexibility index (Phi) is 6.05. The fourth-order valence-corrected chi connectivity index (χ4v) is 1.84. The van der Waals surface area contributed by atoms with E-state index in [0.29, 0.717) is 13.0 Å². The van der Waals surface area contributed by atoms with Gasteiger partial charge in [-0.3, -0.25) is 4.79 Å². The van der Waals surface area contributed by atoms with Crippen LogP contribution in [-0.2, 0) is 9.53 Å². The summed E-state index contributed by atoms with van der Waals surface area (Å²) >= 11 is 0. The van der Waals surface area contributed by atoms with E-state index >= 15 is 0 Å². The third-order valence-electron chi connectivity index (χ3n) is 3.20. The predicted molar refractivity (Wildman–Crippen MR) is 80.7 cm³/mol. The Morgan fingerprint density at radius 3 is 2.25 bits per heavy atom. The Labute approximate surface area is 122 Å². The van der Waals surface area contributed by atoms with E-state index in [-0.39, 0.29) is 23.4 Å². The van der Waals surface area contributed by atoms with E-state index < -0.39 is 0 Å². The summed E-state index contributed by atoms with van der Waals surface area (Å²) in [6, 6.07) is 9.68. The first-order chi connectivity index (χ1) is 9.29. The summed E-state index contributed by atoms with van der Waals surface area (Å²) in [5, 5.41) is 0. The highest BCUT2D eigenvalue weighted by atomic mass is 16.5. The molecule has 0 aliphatic carbocycles. The number of carbonyl (C=O) groups is 1. The Morgan fingerprint density at radius 2 is 1.75 bits per heavy atom. The molecule has 1 atom stereocenters. The number of carbonyl (C=O) groups excluding carboxylic acids is 1. The molecule has 112 valence electrons. The van der Waals surface area contributed by atoms with Gasteiger partial charge >= 0.3 is 5.97 Å². The van der Waals surface area contributed by atoms with E-state index in [0.717, 1.165) is 5.75 Å². The molecule has 0 aliphatic rings. The third kappa shape index (κ3) is 6.09. The SMILES string of the molecule is CC(C)OC(=O)CC(COc1ccccc1)C(C)(C)C. The fraction of sp³-hybridized carbons (Fsp3) is 0.588. The molecule has 0 aliphatic heterocycles. The summed E-state index contributed by atoms with van der Waals surface area (Å²) in [4.78, 5) is 11.8. The fourth-order valence-electron chi connectivity index (χ4n) is 1.84. The Hall–Kier alpha value is -1.51. The molecular weight excluding hydrogens is 252 g/mol. The zero-order valence-electron chi connectivity index (χ0n) is 13.2. The van der Waals surface area contributed by atoms with Gasteiger partial charge in [0.25, 0.3) is 0 Å². The van der Waals surface area contributed by atoms with Crippen LogP contribution in [0.25, 0.3) is 0 Å². The highest BCUT2D eigenvalue weighted by Gasteiger charge is 2.28. The van der Waals surface area contributed by atoms with Gasteiger partial charge < -0.3 is 9.47 Å². The highest BCUT2D eigenvalue weighted by Crippen LogP contribution is 2.30. The second-order valence-corrected chi connectivity index (χ2v) is 6.43. The molecule has 1 rings (SSSR count). The molecule has 20 heavy (non-hydrogen) atoms. The first-order valence-electron chi connectivity index (χ1n) is 7.16. The smallest absolute Gasteiger partial charge is 0.306 e. The first-order valence-corrected chi connectivity index (χ1v) is 7.16. The van der Waals surface area contributed by atoms with Gasteiger partial charge in [-0.15, -0.1) is 0 Å². The minimum absolute atomic E-state index is 0.00915. The van der Waals surface area contributed by atoms with Crippen molar-refractivity contribution >= 4 is 5.97 Å². The molecule has 1 aromatic carbocycles. The number of hydrogen-bond acceptors (Lipinski definition) is 3. The minimum Gasteiger partial charge on any atom is -0.493 e. The Morgan fingerprint density at radius 1 is 1.15 bits per heavy atom. The maximum absolute atomic E-state index is 11.8. The number of rotatable bonds is 6. The monoisotopic (exact) mass is 278 g/mol. The van der Waals surface area contributed by atoms with Crippen molar-refractivity contribution < 1.29 is 14.3 Å². The average Bonchev–Trinajstić information content (AvgIpc) is 2.33. The molecule has 1 unspecified atom stereocenters. The lowest BCUT2D eigenvalue weighted by atomic mass is 9.79. The number of ether oxygens (including phenoxy) is 2. The lowest BCUT2D eigenvalue weighted by Gasteiger charge is -2.30. The number of hydrogen-bond donors (Lipinski definition) is 0. The second-order valence-electron chi connectivity index (χ2n) is 6.43. The number of esters is 1. The van der Waals surface area contributed by atoms with Gasteiger partial charge in [0.15, 0.2) is 0 Å². The molecule has 3 nitrogen and oxygen atoms in total. The molecule has 0 amide bonds. The summed E-state index contributed by atoms with van der Waals surface area (Å²) in [5.41, 5.74) is -0.00915. The van der Waals surface area contributed by atoms with E-state index in [1.165, 1.54) is 0 Å². The molecule has 0 spiro atoms. The Bertz CT molecular complexity index is 404. The molecule has 0 saturated carbocycles. The maximum Gasteiger partial charge on any atom is 0.306 e. The highest BCUT2D eigenvalue weighted by molar-refractivity contribution is 5.70. The molecule has 1 aromatic rings. The van der Waals surface area contributed by atoms with E-state index in [4.69, 9.17) is 9.47 Å². The summed E-state index contributed by atoms with van der Waals surface area (Å²) in [6.45, 7) is 10.6. The van der Waals surface area contributed by atoms with Gasteiger partial charge in [-0.25, -0.2) is 0 Å². The van der Waals surface area contributed by atoms with Gasteiger partial charge in [0.2, 0.25) is 0 Å². The lowest BCUT2D eigenvalue weighted by Crippen LogP contribution is -2.30. The van der Waals surface area contributed by atoms with Crippen LogP contribution in [0.1, 0.15) is 41.0 Å². The van der Waals surface area contributed by atoms with E-state index in [2.05, 4.69) is 20.8 Å². The van der Waals surface area contributed by atoms with E-state index in [1.807, 2.05) is 44.2 Å². The molecule has 0 fully saturated rings. The second kappa shape index (κ2) is 7.32. The zero-order valence-corrected chi connectivity index (χ0v) is 13.2. The average molecular weight is 278 g/mol. The van der Waals surface area contributed by atoms with Gasteiger partial charge in [-0.2, -0.15) is 0 Å². The molecule has 0 radical (unpaired) electrons. The topological polar surface area (TPSA) is 35.5 Å². The number of para-hydroxylation sites is 1. The van der Waals surface area contributed by atoms with Crippen LogP contribution in [0.4, 0.5) is 0 Å². The van der Waals surface area contributed by atoms with Crippen LogP contribution in [-0.4, -0.2) is 18.7 Å². The minimum atomic E-state index is -0.156. The third-order valence-corrected chi connectivity index (χ3v) is 3.20. The van der Waals surface area contributed by atoms with Gasteiger partial charge in [0.1, 0.15) is 5.75 Å². The largest absolute Gasteiger partial charge is 0.493 e. The lowest BCUT2D eigenvalue weighted by molar-refractivity contribution is -0.149. The van der Waals surface area contributed by atoms with Crippen molar-refractivity contribution in [3.8, 4) is 5.75 Å². The molecule has 0 N–H and O–H groups in total. The predicted octanol–water partition coefficient (Wildman–Crippen LogP) is 4.07. The standard InChI is InChI=1S/C17H26O3/c1-13(2)20-16(18)11-14(17(3,4)5)12-19-15-9-7-6-8-10-15/h6-10,13-14H,11-12H2,1-5H3.